The number of pyridine rings is 1. The molecule has 82 valence electrons. The highest BCUT2D eigenvalue weighted by atomic mass is 16.3. The summed E-state index contributed by atoms with van der Waals surface area (Å²) in [5, 5.41) is 9.59. The lowest BCUT2D eigenvalue weighted by Crippen LogP contribution is -2.21. The molecule has 1 aliphatic rings. The summed E-state index contributed by atoms with van der Waals surface area (Å²) in [6.45, 7) is 2.85. The van der Waals surface area contributed by atoms with Crippen molar-refractivity contribution < 1.29 is 5.11 Å². The van der Waals surface area contributed by atoms with Crippen LogP contribution in [0.25, 0.3) is 0 Å². The van der Waals surface area contributed by atoms with E-state index in [1.165, 1.54) is 5.56 Å². The fraction of sp³-hybridized carbons (Fsp3) is 0.583. The summed E-state index contributed by atoms with van der Waals surface area (Å²) < 4.78 is 0. The summed E-state index contributed by atoms with van der Waals surface area (Å²) in [6.07, 6.45) is 4.53. The second-order valence-electron chi connectivity index (χ2n) is 4.48. The Labute approximate surface area is 90.8 Å². The fourth-order valence-electron chi connectivity index (χ4n) is 2.35. The number of likely N-dealkylation sites (tertiary alicyclic amines) is 1. The lowest BCUT2D eigenvalue weighted by molar-refractivity contribution is 0.130. The standard InChI is InChI=1S/C12H18N2O/c1-9(15)11-6-12(14(2)8-11)10-4-3-5-13-7-10/h3-5,7,9,11-12,15H,6,8H2,1-2H3/t9?,11?,12-/m0/s1. The summed E-state index contributed by atoms with van der Waals surface area (Å²) >= 11 is 0. The van der Waals surface area contributed by atoms with Crippen molar-refractivity contribution in [3.63, 3.8) is 0 Å². The third-order valence-corrected chi connectivity index (χ3v) is 3.33. The largest absolute Gasteiger partial charge is 0.393 e. The van der Waals surface area contributed by atoms with Gasteiger partial charge in [0.2, 0.25) is 0 Å². The molecule has 1 fully saturated rings. The van der Waals surface area contributed by atoms with E-state index in [0.29, 0.717) is 12.0 Å². The molecule has 1 aromatic heterocycles. The van der Waals surface area contributed by atoms with Gasteiger partial charge in [-0.25, -0.2) is 0 Å². The molecule has 0 saturated carbocycles. The van der Waals surface area contributed by atoms with Gasteiger partial charge in [0.15, 0.2) is 0 Å². The van der Waals surface area contributed by atoms with Crippen LogP contribution < -0.4 is 0 Å². The van der Waals surface area contributed by atoms with Crippen molar-refractivity contribution in [2.75, 3.05) is 13.6 Å². The molecule has 2 rings (SSSR count). The van der Waals surface area contributed by atoms with Crippen molar-refractivity contribution >= 4 is 0 Å². The Hall–Kier alpha value is -0.930. The van der Waals surface area contributed by atoms with Crippen molar-refractivity contribution in [1.82, 2.24) is 9.88 Å². The minimum absolute atomic E-state index is 0.214. The number of hydrogen-bond acceptors (Lipinski definition) is 3. The zero-order chi connectivity index (χ0) is 10.8. The summed E-state index contributed by atoms with van der Waals surface area (Å²) in [4.78, 5) is 6.44. The van der Waals surface area contributed by atoms with Gasteiger partial charge in [0.05, 0.1) is 6.10 Å². The Morgan fingerprint density at radius 2 is 2.40 bits per heavy atom. The van der Waals surface area contributed by atoms with Crippen molar-refractivity contribution in [2.45, 2.75) is 25.5 Å². The lowest BCUT2D eigenvalue weighted by atomic mass is 9.97. The van der Waals surface area contributed by atoms with E-state index in [-0.39, 0.29) is 6.10 Å². The summed E-state index contributed by atoms with van der Waals surface area (Å²) in [5.41, 5.74) is 1.25. The topological polar surface area (TPSA) is 36.4 Å². The highest BCUT2D eigenvalue weighted by Gasteiger charge is 2.32. The third kappa shape index (κ3) is 2.19. The van der Waals surface area contributed by atoms with Gasteiger partial charge in [-0.1, -0.05) is 6.07 Å². The van der Waals surface area contributed by atoms with Crippen LogP contribution in [0, 0.1) is 5.92 Å². The van der Waals surface area contributed by atoms with Gasteiger partial charge in [-0.15, -0.1) is 0 Å². The predicted octanol–water partition coefficient (Wildman–Crippen LogP) is 1.46. The van der Waals surface area contributed by atoms with Crippen molar-refractivity contribution in [3.8, 4) is 0 Å². The first-order valence-corrected chi connectivity index (χ1v) is 5.46. The van der Waals surface area contributed by atoms with Crippen molar-refractivity contribution in [1.29, 1.82) is 0 Å². The molecule has 0 aliphatic carbocycles. The van der Waals surface area contributed by atoms with E-state index in [2.05, 4.69) is 23.0 Å². The molecule has 1 aliphatic heterocycles. The molecule has 0 aromatic carbocycles. The van der Waals surface area contributed by atoms with E-state index in [4.69, 9.17) is 0 Å². The van der Waals surface area contributed by atoms with E-state index in [1.807, 2.05) is 19.2 Å². The van der Waals surface area contributed by atoms with E-state index < -0.39 is 0 Å². The molecular weight excluding hydrogens is 188 g/mol. The lowest BCUT2D eigenvalue weighted by Gasteiger charge is -2.18. The summed E-state index contributed by atoms with van der Waals surface area (Å²) in [6, 6.07) is 4.50. The highest BCUT2D eigenvalue weighted by Crippen LogP contribution is 2.34. The maximum absolute atomic E-state index is 9.59. The summed E-state index contributed by atoms with van der Waals surface area (Å²) in [5.74, 6) is 0.389. The molecule has 1 N–H and O–H groups in total. The average molecular weight is 206 g/mol. The first kappa shape index (κ1) is 10.6. The highest BCUT2D eigenvalue weighted by molar-refractivity contribution is 5.15. The smallest absolute Gasteiger partial charge is 0.0553 e. The molecule has 3 nitrogen and oxygen atoms in total. The molecule has 3 atom stereocenters. The molecule has 1 aromatic rings. The number of rotatable bonds is 2. The molecule has 3 heteroatoms. The van der Waals surface area contributed by atoms with Crippen LogP contribution in [0.5, 0.6) is 0 Å². The maximum atomic E-state index is 9.59. The molecule has 2 heterocycles. The van der Waals surface area contributed by atoms with Crippen LogP contribution in [0.3, 0.4) is 0 Å². The second kappa shape index (κ2) is 4.29. The number of aliphatic hydroxyl groups excluding tert-OH is 1. The van der Waals surface area contributed by atoms with Crippen LogP contribution in [-0.4, -0.2) is 34.7 Å². The van der Waals surface area contributed by atoms with Gasteiger partial charge < -0.3 is 5.11 Å². The average Bonchev–Trinajstić information content (AvgIpc) is 2.62. The molecule has 0 spiro atoms. The second-order valence-corrected chi connectivity index (χ2v) is 4.48. The Kier molecular flexibility index (Phi) is 3.03. The molecule has 0 bridgehead atoms. The van der Waals surface area contributed by atoms with E-state index >= 15 is 0 Å². The van der Waals surface area contributed by atoms with E-state index in [0.717, 1.165) is 13.0 Å². The van der Waals surface area contributed by atoms with E-state index in [9.17, 15) is 5.11 Å². The van der Waals surface area contributed by atoms with Gasteiger partial charge in [0, 0.05) is 25.0 Å². The molecule has 15 heavy (non-hydrogen) atoms. The Morgan fingerprint density at radius 3 is 2.93 bits per heavy atom. The SMILES string of the molecule is CC(O)C1C[C@@H](c2cccnc2)N(C)C1. The quantitative estimate of drug-likeness (QED) is 0.795. The molecule has 2 unspecified atom stereocenters. The van der Waals surface area contributed by atoms with Crippen LogP contribution in [0.15, 0.2) is 24.5 Å². The normalized spacial score (nSPS) is 29.3. The Morgan fingerprint density at radius 1 is 1.60 bits per heavy atom. The van der Waals surface area contributed by atoms with Gasteiger partial charge in [-0.2, -0.15) is 0 Å². The van der Waals surface area contributed by atoms with Crippen LogP contribution in [0.4, 0.5) is 0 Å². The van der Waals surface area contributed by atoms with Crippen LogP contribution in [-0.2, 0) is 0 Å². The van der Waals surface area contributed by atoms with Gasteiger partial charge in [-0.3, -0.25) is 9.88 Å². The number of nitrogens with zero attached hydrogens (tertiary/aromatic N) is 2. The van der Waals surface area contributed by atoms with Crippen LogP contribution >= 0.6 is 0 Å². The van der Waals surface area contributed by atoms with Crippen molar-refractivity contribution in [2.24, 2.45) is 5.92 Å². The summed E-state index contributed by atoms with van der Waals surface area (Å²) in [7, 11) is 2.11. The van der Waals surface area contributed by atoms with Gasteiger partial charge in [-0.05, 0) is 37.9 Å². The third-order valence-electron chi connectivity index (χ3n) is 3.33. The maximum Gasteiger partial charge on any atom is 0.0553 e. The van der Waals surface area contributed by atoms with Crippen LogP contribution in [0.2, 0.25) is 0 Å². The zero-order valence-electron chi connectivity index (χ0n) is 9.30. The number of aromatic nitrogens is 1. The molecule has 0 radical (unpaired) electrons. The Balaban J connectivity index is 2.12. The zero-order valence-corrected chi connectivity index (χ0v) is 9.30. The first-order valence-electron chi connectivity index (χ1n) is 5.46. The fourth-order valence-corrected chi connectivity index (χ4v) is 2.35. The van der Waals surface area contributed by atoms with Gasteiger partial charge in [0.25, 0.3) is 0 Å². The predicted molar refractivity (Wildman–Crippen MR) is 59.4 cm³/mol. The first-order chi connectivity index (χ1) is 7.18. The monoisotopic (exact) mass is 206 g/mol. The Bertz CT molecular complexity index is 313. The van der Waals surface area contributed by atoms with Gasteiger partial charge in [0.1, 0.15) is 0 Å². The molecule has 1 saturated heterocycles. The molecule has 0 amide bonds. The minimum atomic E-state index is -0.214. The van der Waals surface area contributed by atoms with Crippen LogP contribution in [0.1, 0.15) is 24.9 Å². The molecular formula is C12H18N2O. The van der Waals surface area contributed by atoms with E-state index in [1.54, 1.807) is 6.20 Å². The van der Waals surface area contributed by atoms with Crippen molar-refractivity contribution in [3.05, 3.63) is 30.1 Å². The number of aliphatic hydroxyl groups is 1. The van der Waals surface area contributed by atoms with Gasteiger partial charge >= 0.3 is 0 Å². The number of hydrogen-bond donors (Lipinski definition) is 1. The minimum Gasteiger partial charge on any atom is -0.393 e.